The number of nitrogens with zero attached hydrogens (tertiary/aromatic N) is 1. The minimum Gasteiger partial charge on any atom is -0.480 e. The number of halogens is 1. The predicted octanol–water partition coefficient (Wildman–Crippen LogP) is 3.81. The summed E-state index contributed by atoms with van der Waals surface area (Å²) in [7, 11) is 0. The summed E-state index contributed by atoms with van der Waals surface area (Å²) in [5, 5.41) is 9.37. The Morgan fingerprint density at radius 3 is 2.57 bits per heavy atom. The summed E-state index contributed by atoms with van der Waals surface area (Å²) < 4.78 is 5.20. The summed E-state index contributed by atoms with van der Waals surface area (Å²) >= 11 is 2.16. The molecule has 3 atom stereocenters. The Bertz CT molecular complexity index is 405. The van der Waals surface area contributed by atoms with Gasteiger partial charge in [0.25, 0.3) is 0 Å². The van der Waals surface area contributed by atoms with Crippen molar-refractivity contribution in [3.8, 4) is 0 Å². The van der Waals surface area contributed by atoms with Crippen LogP contribution in [0.15, 0.2) is 12.7 Å². The highest BCUT2D eigenvalue weighted by Crippen LogP contribution is 2.38. The first-order valence-corrected chi connectivity index (χ1v) is 8.41. The smallest absolute Gasteiger partial charge is 0.411 e. The third-order valence-electron chi connectivity index (χ3n) is 3.39. The van der Waals surface area contributed by atoms with E-state index in [1.165, 1.54) is 4.90 Å². The monoisotopic (exact) mass is 409 g/mol. The summed E-state index contributed by atoms with van der Waals surface area (Å²) in [6.45, 7) is 9.02. The lowest BCUT2D eigenvalue weighted by Gasteiger charge is -2.29. The van der Waals surface area contributed by atoms with Crippen molar-refractivity contribution in [2.75, 3.05) is 0 Å². The molecule has 0 radical (unpaired) electrons. The van der Waals surface area contributed by atoms with Crippen LogP contribution < -0.4 is 0 Å². The van der Waals surface area contributed by atoms with E-state index >= 15 is 0 Å². The maximum absolute atomic E-state index is 12.3. The van der Waals surface area contributed by atoms with E-state index in [-0.39, 0.29) is 9.97 Å². The number of alkyl halides is 1. The van der Waals surface area contributed by atoms with Crippen molar-refractivity contribution in [1.29, 1.82) is 0 Å². The van der Waals surface area contributed by atoms with Crippen molar-refractivity contribution in [1.82, 2.24) is 4.90 Å². The standard InChI is InChI=1S/C15H24INO4/c1-5-6-7-8-10-9-11(13(18)19)17(12(10)16)14(20)21-15(2,3)4/h5,10-12H,1,6-9H2,2-4H3,(H,18,19)/t10-,11-,12-/m0/s1. The molecule has 1 aliphatic heterocycles. The minimum absolute atomic E-state index is 0.150. The van der Waals surface area contributed by atoms with Crippen molar-refractivity contribution >= 4 is 34.7 Å². The zero-order valence-electron chi connectivity index (χ0n) is 12.8. The summed E-state index contributed by atoms with van der Waals surface area (Å²) in [5.41, 5.74) is -0.628. The van der Waals surface area contributed by atoms with Gasteiger partial charge in [0.15, 0.2) is 0 Å². The number of ether oxygens (including phenoxy) is 1. The van der Waals surface area contributed by atoms with E-state index in [9.17, 15) is 14.7 Å². The molecule has 5 nitrogen and oxygen atoms in total. The van der Waals surface area contributed by atoms with Crippen LogP contribution in [0.2, 0.25) is 0 Å². The zero-order chi connectivity index (χ0) is 16.2. The van der Waals surface area contributed by atoms with Crippen molar-refractivity contribution in [2.45, 2.75) is 62.1 Å². The molecule has 1 fully saturated rings. The summed E-state index contributed by atoms with van der Waals surface area (Å²) in [6, 6.07) is -0.796. The van der Waals surface area contributed by atoms with Crippen molar-refractivity contribution < 1.29 is 19.4 Å². The molecule has 0 aromatic carbocycles. The fourth-order valence-electron chi connectivity index (χ4n) is 2.45. The van der Waals surface area contributed by atoms with Crippen molar-refractivity contribution in [2.24, 2.45) is 5.92 Å². The normalized spacial score (nSPS) is 25.7. The molecule has 21 heavy (non-hydrogen) atoms. The Morgan fingerprint density at radius 2 is 2.10 bits per heavy atom. The van der Waals surface area contributed by atoms with Crippen molar-refractivity contribution in [3.05, 3.63) is 12.7 Å². The van der Waals surface area contributed by atoms with Gasteiger partial charge in [-0.2, -0.15) is 0 Å². The number of likely N-dealkylation sites (tertiary alicyclic amines) is 1. The zero-order valence-corrected chi connectivity index (χ0v) is 15.0. The number of unbranched alkanes of at least 4 members (excludes halogenated alkanes) is 1. The first-order chi connectivity index (χ1) is 9.67. The fourth-order valence-corrected chi connectivity index (χ4v) is 3.72. The molecule has 6 heteroatoms. The van der Waals surface area contributed by atoms with Gasteiger partial charge in [0.1, 0.15) is 11.6 Å². The largest absolute Gasteiger partial charge is 0.480 e. The second kappa shape index (κ2) is 7.47. The second-order valence-electron chi connectivity index (χ2n) is 6.33. The maximum Gasteiger partial charge on any atom is 0.411 e. The van der Waals surface area contributed by atoms with E-state index in [1.807, 2.05) is 6.08 Å². The summed E-state index contributed by atoms with van der Waals surface area (Å²) in [6.07, 6.45) is 4.56. The molecule has 1 heterocycles. The lowest BCUT2D eigenvalue weighted by Crippen LogP contribution is -2.45. The molecular weight excluding hydrogens is 385 g/mol. The molecule has 0 bridgehead atoms. The van der Waals surface area contributed by atoms with Crippen LogP contribution in [0.1, 0.15) is 46.5 Å². The van der Waals surface area contributed by atoms with Gasteiger partial charge in [0.05, 0.1) is 4.05 Å². The number of allylic oxidation sites excluding steroid dienone is 1. The number of carboxylic acids is 1. The molecule has 0 spiro atoms. The molecule has 1 saturated heterocycles. The number of rotatable bonds is 5. The van der Waals surface area contributed by atoms with Crippen LogP contribution in [0, 0.1) is 5.92 Å². The number of aliphatic carboxylic acids is 1. The SMILES string of the molecule is C=CCCC[C@H]1C[C@@H](C(=O)O)N(C(=O)OC(C)(C)C)[C@@H]1I. The molecule has 0 aromatic rings. The van der Waals surface area contributed by atoms with Gasteiger partial charge in [-0.15, -0.1) is 6.58 Å². The molecule has 0 unspecified atom stereocenters. The van der Waals surface area contributed by atoms with E-state index in [0.717, 1.165) is 19.3 Å². The van der Waals surface area contributed by atoms with Crippen molar-refractivity contribution in [3.63, 3.8) is 0 Å². The van der Waals surface area contributed by atoms with Gasteiger partial charge in [-0.1, -0.05) is 28.7 Å². The molecule has 0 saturated carbocycles. The Labute approximate surface area is 139 Å². The Balaban J connectivity index is 2.81. The average Bonchev–Trinajstić information content (AvgIpc) is 2.65. The molecule has 1 aliphatic rings. The van der Waals surface area contributed by atoms with Crippen LogP contribution in [0.25, 0.3) is 0 Å². The van der Waals surface area contributed by atoms with Gasteiger partial charge >= 0.3 is 12.1 Å². The van der Waals surface area contributed by atoms with Crippen LogP contribution in [-0.2, 0) is 9.53 Å². The van der Waals surface area contributed by atoms with E-state index in [1.54, 1.807) is 20.8 Å². The number of carboxylic acid groups (broad SMARTS) is 1. The number of carbonyl (C=O) groups is 2. The molecular formula is C15H24INO4. The third kappa shape index (κ3) is 5.16. The van der Waals surface area contributed by atoms with Gasteiger partial charge in [-0.05, 0) is 52.4 Å². The van der Waals surface area contributed by atoms with Gasteiger partial charge < -0.3 is 9.84 Å². The van der Waals surface area contributed by atoms with Gasteiger partial charge in [-0.25, -0.2) is 9.59 Å². The van der Waals surface area contributed by atoms with Crippen LogP contribution in [0.5, 0.6) is 0 Å². The Morgan fingerprint density at radius 1 is 1.48 bits per heavy atom. The molecule has 1 rings (SSSR count). The quantitative estimate of drug-likeness (QED) is 0.247. The van der Waals surface area contributed by atoms with E-state index < -0.39 is 23.7 Å². The average molecular weight is 409 g/mol. The minimum atomic E-state index is -0.964. The number of hydrogen-bond acceptors (Lipinski definition) is 3. The Kier molecular flexibility index (Phi) is 6.49. The van der Waals surface area contributed by atoms with Crippen LogP contribution in [0.4, 0.5) is 4.79 Å². The molecule has 1 amide bonds. The number of hydrogen-bond donors (Lipinski definition) is 1. The lowest BCUT2D eigenvalue weighted by molar-refractivity contribution is -0.142. The highest BCUT2D eigenvalue weighted by atomic mass is 127. The highest BCUT2D eigenvalue weighted by molar-refractivity contribution is 14.1. The van der Waals surface area contributed by atoms with E-state index in [2.05, 4.69) is 29.2 Å². The summed E-state index contributed by atoms with van der Waals surface area (Å²) in [5.74, 6) is -0.784. The first-order valence-electron chi connectivity index (χ1n) is 7.16. The molecule has 0 aromatic heterocycles. The second-order valence-corrected chi connectivity index (χ2v) is 7.61. The highest BCUT2D eigenvalue weighted by Gasteiger charge is 2.47. The third-order valence-corrected chi connectivity index (χ3v) is 5.01. The number of amides is 1. The van der Waals surface area contributed by atoms with Crippen LogP contribution in [0.3, 0.4) is 0 Å². The molecule has 120 valence electrons. The molecule has 0 aliphatic carbocycles. The summed E-state index contributed by atoms with van der Waals surface area (Å²) in [4.78, 5) is 25.1. The van der Waals surface area contributed by atoms with Gasteiger partial charge in [-0.3, -0.25) is 4.90 Å². The Hall–Kier alpha value is -0.790. The molecule has 1 N–H and O–H groups in total. The maximum atomic E-state index is 12.3. The van der Waals surface area contributed by atoms with E-state index in [4.69, 9.17) is 4.74 Å². The fraction of sp³-hybridized carbons (Fsp3) is 0.733. The topological polar surface area (TPSA) is 66.8 Å². The number of carbonyl (C=O) groups excluding carboxylic acids is 1. The van der Waals surface area contributed by atoms with Gasteiger partial charge in [0, 0.05) is 0 Å². The predicted molar refractivity (Wildman–Crippen MR) is 89.5 cm³/mol. The lowest BCUT2D eigenvalue weighted by atomic mass is 9.99. The van der Waals surface area contributed by atoms with Crippen LogP contribution >= 0.6 is 22.6 Å². The van der Waals surface area contributed by atoms with Crippen LogP contribution in [-0.4, -0.2) is 37.8 Å². The van der Waals surface area contributed by atoms with Gasteiger partial charge in [0.2, 0.25) is 0 Å². The first kappa shape index (κ1) is 18.3. The van der Waals surface area contributed by atoms with E-state index in [0.29, 0.717) is 6.42 Å².